The monoisotopic (exact) mass is 450 g/mol. The van der Waals surface area contributed by atoms with Crippen molar-refractivity contribution in [3.63, 3.8) is 0 Å². The van der Waals surface area contributed by atoms with E-state index in [2.05, 4.69) is 10.2 Å². The van der Waals surface area contributed by atoms with E-state index in [1.807, 2.05) is 24.3 Å². The third-order valence-corrected chi connectivity index (χ3v) is 5.57. The average molecular weight is 451 g/mol. The zero-order chi connectivity index (χ0) is 23.0. The molecule has 1 amide bonds. The van der Waals surface area contributed by atoms with Crippen LogP contribution in [0.15, 0.2) is 48.5 Å². The Morgan fingerprint density at radius 2 is 1.84 bits per heavy atom. The number of hydrogen-bond acceptors (Lipinski definition) is 4. The van der Waals surface area contributed by atoms with Gasteiger partial charge in [-0.25, -0.2) is 0 Å². The number of likely N-dealkylation sites (tertiary alicyclic amines) is 1. The Hall–Kier alpha value is -2.58. The molecule has 0 aliphatic carbocycles. The second kappa shape index (κ2) is 11.3. The van der Waals surface area contributed by atoms with Crippen LogP contribution in [0.1, 0.15) is 36.8 Å². The van der Waals surface area contributed by atoms with Crippen molar-refractivity contribution in [2.45, 2.75) is 38.4 Å². The second-order valence-electron chi connectivity index (χ2n) is 8.12. The summed E-state index contributed by atoms with van der Waals surface area (Å²) in [5, 5.41) is 11.5. The van der Waals surface area contributed by atoms with Crippen molar-refractivity contribution in [3.8, 4) is 5.75 Å². The number of carbonyl (C=O) groups excluding carboxylic acids is 1. The molecule has 0 radical (unpaired) electrons. The van der Waals surface area contributed by atoms with E-state index in [-0.39, 0.29) is 19.1 Å². The molecule has 32 heavy (non-hydrogen) atoms. The van der Waals surface area contributed by atoms with Crippen molar-refractivity contribution in [3.05, 3.63) is 59.7 Å². The molecule has 2 aromatic rings. The maximum absolute atomic E-state index is 12.6. The van der Waals surface area contributed by atoms with Gasteiger partial charge in [-0.1, -0.05) is 12.1 Å². The van der Waals surface area contributed by atoms with Gasteiger partial charge >= 0.3 is 6.18 Å². The number of carbonyl (C=O) groups is 1. The third-order valence-electron chi connectivity index (χ3n) is 5.57. The topological polar surface area (TPSA) is 61.8 Å². The Labute approximate surface area is 186 Å². The molecule has 2 aromatic carbocycles. The highest BCUT2D eigenvalue weighted by Gasteiger charge is 2.30. The first-order valence-electron chi connectivity index (χ1n) is 10.9. The predicted molar refractivity (Wildman–Crippen MR) is 116 cm³/mol. The lowest BCUT2D eigenvalue weighted by Gasteiger charge is -2.32. The SMILES string of the molecule is O=C(CC[C@@H]1CCCN(Cc2ccc(OCCO)cc2)C1)Nc1ccc(C(F)(F)F)cc1. The standard InChI is InChI=1S/C24H29F3N2O3/c25-24(26,27)20-6-8-21(9-7-20)28-23(31)12-5-18-2-1-13-29(16-18)17-19-3-10-22(11-4-19)32-15-14-30/h3-4,6-11,18,30H,1-2,5,12-17H2,(H,28,31)/t18-/m0/s1. The van der Waals surface area contributed by atoms with Gasteiger partial charge in [0.15, 0.2) is 0 Å². The molecule has 174 valence electrons. The van der Waals surface area contributed by atoms with Crippen LogP contribution in [-0.4, -0.2) is 42.2 Å². The number of ether oxygens (including phenoxy) is 1. The maximum atomic E-state index is 12.6. The fourth-order valence-electron chi connectivity index (χ4n) is 3.94. The summed E-state index contributed by atoms with van der Waals surface area (Å²) >= 11 is 0. The lowest BCUT2D eigenvalue weighted by atomic mass is 9.93. The largest absolute Gasteiger partial charge is 0.491 e. The lowest BCUT2D eigenvalue weighted by molar-refractivity contribution is -0.137. The average Bonchev–Trinajstić information content (AvgIpc) is 2.77. The summed E-state index contributed by atoms with van der Waals surface area (Å²) in [5.74, 6) is 0.966. The van der Waals surface area contributed by atoms with Crippen molar-refractivity contribution in [1.29, 1.82) is 0 Å². The molecule has 2 N–H and O–H groups in total. The number of hydrogen-bond donors (Lipinski definition) is 2. The molecule has 1 aliphatic rings. The number of benzene rings is 2. The van der Waals surface area contributed by atoms with E-state index >= 15 is 0 Å². The van der Waals surface area contributed by atoms with E-state index in [1.54, 1.807) is 0 Å². The quantitative estimate of drug-likeness (QED) is 0.581. The molecule has 0 unspecified atom stereocenters. The lowest BCUT2D eigenvalue weighted by Crippen LogP contribution is -2.35. The van der Waals surface area contributed by atoms with Crippen LogP contribution < -0.4 is 10.1 Å². The minimum atomic E-state index is -4.38. The number of aliphatic hydroxyl groups is 1. The minimum Gasteiger partial charge on any atom is -0.491 e. The number of nitrogens with zero attached hydrogens (tertiary/aromatic N) is 1. The summed E-state index contributed by atoms with van der Waals surface area (Å²) in [5.41, 5.74) is 0.826. The summed E-state index contributed by atoms with van der Waals surface area (Å²) in [6.45, 7) is 3.01. The van der Waals surface area contributed by atoms with Crippen LogP contribution in [0.5, 0.6) is 5.75 Å². The first-order valence-corrected chi connectivity index (χ1v) is 10.9. The van der Waals surface area contributed by atoms with E-state index in [4.69, 9.17) is 9.84 Å². The van der Waals surface area contributed by atoms with Crippen LogP contribution in [0.2, 0.25) is 0 Å². The number of aliphatic hydroxyl groups excluding tert-OH is 1. The van der Waals surface area contributed by atoms with Gasteiger partial charge in [-0.2, -0.15) is 13.2 Å². The molecular weight excluding hydrogens is 421 g/mol. The number of anilines is 1. The minimum absolute atomic E-state index is 0.0146. The van der Waals surface area contributed by atoms with Crippen LogP contribution in [-0.2, 0) is 17.5 Å². The van der Waals surface area contributed by atoms with Gasteiger partial charge < -0.3 is 15.2 Å². The molecule has 3 rings (SSSR count). The fourth-order valence-corrected chi connectivity index (χ4v) is 3.94. The molecule has 5 nitrogen and oxygen atoms in total. The summed E-state index contributed by atoms with van der Waals surface area (Å²) in [7, 11) is 0. The van der Waals surface area contributed by atoms with Crippen molar-refractivity contribution in [1.82, 2.24) is 4.90 Å². The first-order chi connectivity index (χ1) is 15.3. The Morgan fingerprint density at radius 3 is 2.50 bits per heavy atom. The normalized spacial score (nSPS) is 17.2. The van der Waals surface area contributed by atoms with Gasteiger partial charge in [-0.15, -0.1) is 0 Å². The molecule has 0 spiro atoms. The van der Waals surface area contributed by atoms with E-state index in [0.717, 1.165) is 56.8 Å². The van der Waals surface area contributed by atoms with Gasteiger partial charge in [0, 0.05) is 25.2 Å². The molecular formula is C24H29F3N2O3. The first kappa shape index (κ1) is 24.1. The number of amides is 1. The molecule has 1 saturated heterocycles. The maximum Gasteiger partial charge on any atom is 0.416 e. The third kappa shape index (κ3) is 7.53. The van der Waals surface area contributed by atoms with Crippen LogP contribution in [0.25, 0.3) is 0 Å². The van der Waals surface area contributed by atoms with Crippen molar-refractivity contribution < 1.29 is 27.8 Å². The van der Waals surface area contributed by atoms with E-state index < -0.39 is 11.7 Å². The number of nitrogens with one attached hydrogen (secondary N) is 1. The van der Waals surface area contributed by atoms with Gasteiger partial charge in [0.05, 0.1) is 12.2 Å². The number of alkyl halides is 3. The van der Waals surface area contributed by atoms with Gasteiger partial charge in [-0.3, -0.25) is 9.69 Å². The molecule has 8 heteroatoms. The van der Waals surface area contributed by atoms with Crippen LogP contribution in [0.3, 0.4) is 0 Å². The summed E-state index contributed by atoms with van der Waals surface area (Å²) in [6, 6.07) is 12.4. The Balaban J connectivity index is 1.42. The Kier molecular flexibility index (Phi) is 8.53. The molecule has 0 bridgehead atoms. The zero-order valence-electron chi connectivity index (χ0n) is 17.9. The Bertz CT molecular complexity index is 854. The van der Waals surface area contributed by atoms with Gasteiger partial charge in [-0.05, 0) is 73.7 Å². The highest BCUT2D eigenvalue weighted by molar-refractivity contribution is 5.90. The van der Waals surface area contributed by atoms with Crippen molar-refractivity contribution in [2.24, 2.45) is 5.92 Å². The number of halogens is 3. The molecule has 0 saturated carbocycles. The van der Waals surface area contributed by atoms with E-state index in [0.29, 0.717) is 18.0 Å². The van der Waals surface area contributed by atoms with Crippen LogP contribution in [0.4, 0.5) is 18.9 Å². The molecule has 1 aliphatic heterocycles. The van der Waals surface area contributed by atoms with Gasteiger partial charge in [0.2, 0.25) is 5.91 Å². The molecule has 1 atom stereocenters. The molecule has 1 heterocycles. The highest BCUT2D eigenvalue weighted by Crippen LogP contribution is 2.30. The van der Waals surface area contributed by atoms with E-state index in [1.165, 1.54) is 17.7 Å². The van der Waals surface area contributed by atoms with E-state index in [9.17, 15) is 18.0 Å². The van der Waals surface area contributed by atoms with Gasteiger partial charge in [0.25, 0.3) is 0 Å². The van der Waals surface area contributed by atoms with Gasteiger partial charge in [0.1, 0.15) is 12.4 Å². The molecule has 1 fully saturated rings. The summed E-state index contributed by atoms with van der Waals surface area (Å²) in [4.78, 5) is 14.6. The second-order valence-corrected chi connectivity index (χ2v) is 8.12. The smallest absolute Gasteiger partial charge is 0.416 e. The molecule has 0 aromatic heterocycles. The number of piperidine rings is 1. The highest BCUT2D eigenvalue weighted by atomic mass is 19.4. The fraction of sp³-hybridized carbons (Fsp3) is 0.458. The van der Waals surface area contributed by atoms with Crippen molar-refractivity contribution >= 4 is 11.6 Å². The summed E-state index contributed by atoms with van der Waals surface area (Å²) in [6.07, 6.45) is -1.15. The van der Waals surface area contributed by atoms with Crippen LogP contribution in [0, 0.1) is 5.92 Å². The van der Waals surface area contributed by atoms with Crippen LogP contribution >= 0.6 is 0 Å². The Morgan fingerprint density at radius 1 is 1.12 bits per heavy atom. The zero-order valence-corrected chi connectivity index (χ0v) is 17.9. The predicted octanol–water partition coefficient (Wildman–Crippen LogP) is 4.71. The summed E-state index contributed by atoms with van der Waals surface area (Å²) < 4.78 is 43.3. The number of rotatable bonds is 9. The van der Waals surface area contributed by atoms with Crippen molar-refractivity contribution in [2.75, 3.05) is 31.6 Å².